The van der Waals surface area contributed by atoms with Crippen molar-refractivity contribution in [2.75, 3.05) is 6.54 Å². The maximum Gasteiger partial charge on any atom is 0.324 e. The molecule has 2 atom stereocenters. The summed E-state index contributed by atoms with van der Waals surface area (Å²) in [5.74, 6) is -0.109. The van der Waals surface area contributed by atoms with E-state index in [9.17, 15) is 4.79 Å². The summed E-state index contributed by atoms with van der Waals surface area (Å²) in [6.45, 7) is 6.34. The van der Waals surface area contributed by atoms with Gasteiger partial charge in [-0.15, -0.1) is 0 Å². The van der Waals surface area contributed by atoms with Crippen molar-refractivity contribution in [2.45, 2.75) is 45.9 Å². The highest BCUT2D eigenvalue weighted by atomic mass is 16.6. The van der Waals surface area contributed by atoms with Gasteiger partial charge in [-0.2, -0.15) is 0 Å². The number of ether oxygens (including phenoxy) is 1. The standard InChI is InChI=1S/C8H16N4O2.C2H6/c1-5-12-6(7(13)14-5)3-2-4-11-8(9)10;1-2/h5-6,12H,2-4H2,1H3,(H4,9,10,11);1-2H3. The Kier molecular flexibility index (Phi) is 7.28. The summed E-state index contributed by atoms with van der Waals surface area (Å²) in [5, 5.41) is 3.01. The lowest BCUT2D eigenvalue weighted by molar-refractivity contribution is -0.141. The molecule has 94 valence electrons. The highest BCUT2D eigenvalue weighted by Gasteiger charge is 2.29. The summed E-state index contributed by atoms with van der Waals surface area (Å²) < 4.78 is 4.92. The van der Waals surface area contributed by atoms with Crippen LogP contribution in [0.1, 0.15) is 33.6 Å². The molecule has 0 aliphatic carbocycles. The summed E-state index contributed by atoms with van der Waals surface area (Å²) in [4.78, 5) is 15.0. The van der Waals surface area contributed by atoms with Crippen LogP contribution in [-0.4, -0.2) is 30.7 Å². The highest BCUT2D eigenvalue weighted by molar-refractivity contribution is 5.77. The molecule has 0 amide bonds. The average molecular weight is 230 g/mol. The van der Waals surface area contributed by atoms with E-state index in [1.54, 1.807) is 6.92 Å². The molecule has 0 saturated carbocycles. The van der Waals surface area contributed by atoms with Crippen molar-refractivity contribution < 1.29 is 9.53 Å². The zero-order chi connectivity index (χ0) is 12.6. The molecule has 5 N–H and O–H groups in total. The lowest BCUT2D eigenvalue weighted by atomic mass is 10.1. The van der Waals surface area contributed by atoms with Gasteiger partial charge in [-0.3, -0.25) is 15.1 Å². The van der Waals surface area contributed by atoms with E-state index in [0.29, 0.717) is 13.0 Å². The van der Waals surface area contributed by atoms with Crippen LogP contribution < -0.4 is 16.8 Å². The maximum atomic E-state index is 11.1. The van der Waals surface area contributed by atoms with Gasteiger partial charge in [-0.25, -0.2) is 0 Å². The van der Waals surface area contributed by atoms with E-state index in [-0.39, 0.29) is 24.2 Å². The van der Waals surface area contributed by atoms with Gasteiger partial charge in [-0.1, -0.05) is 13.8 Å². The predicted molar refractivity (Wildman–Crippen MR) is 63.7 cm³/mol. The molecule has 1 fully saturated rings. The molecular formula is C10H22N4O2. The van der Waals surface area contributed by atoms with Gasteiger partial charge in [0, 0.05) is 6.54 Å². The summed E-state index contributed by atoms with van der Waals surface area (Å²) >= 11 is 0. The topological polar surface area (TPSA) is 103 Å². The van der Waals surface area contributed by atoms with Crippen LogP contribution in [0.15, 0.2) is 4.99 Å². The third kappa shape index (κ3) is 5.55. The van der Waals surface area contributed by atoms with Gasteiger partial charge >= 0.3 is 5.97 Å². The molecule has 0 aromatic carbocycles. The molecule has 0 spiro atoms. The molecule has 2 unspecified atom stereocenters. The Morgan fingerprint density at radius 1 is 1.50 bits per heavy atom. The van der Waals surface area contributed by atoms with Gasteiger partial charge < -0.3 is 16.2 Å². The summed E-state index contributed by atoms with van der Waals surface area (Å²) in [7, 11) is 0. The lowest BCUT2D eigenvalue weighted by Crippen LogP contribution is -2.30. The Balaban J connectivity index is 0.00000106. The minimum absolute atomic E-state index is 0.0836. The second kappa shape index (κ2) is 7.92. The molecule has 1 saturated heterocycles. The number of nitrogens with two attached hydrogens (primary N) is 2. The second-order valence-electron chi connectivity index (χ2n) is 3.25. The van der Waals surface area contributed by atoms with Crippen LogP contribution in [0.3, 0.4) is 0 Å². The van der Waals surface area contributed by atoms with Crippen molar-refractivity contribution in [1.29, 1.82) is 0 Å². The zero-order valence-corrected chi connectivity index (χ0v) is 10.2. The molecule has 6 heteroatoms. The monoisotopic (exact) mass is 230 g/mol. The normalized spacial score (nSPS) is 23.1. The van der Waals surface area contributed by atoms with E-state index in [2.05, 4.69) is 10.3 Å². The third-order valence-electron chi connectivity index (χ3n) is 1.96. The van der Waals surface area contributed by atoms with E-state index in [1.807, 2.05) is 13.8 Å². The number of cyclic esters (lactones) is 1. The quantitative estimate of drug-likeness (QED) is 0.271. The number of nitrogens with zero attached hydrogens (tertiary/aromatic N) is 1. The Labute approximate surface area is 96.4 Å². The number of hydrogen-bond donors (Lipinski definition) is 3. The first-order chi connectivity index (χ1) is 7.59. The van der Waals surface area contributed by atoms with E-state index in [1.165, 1.54) is 0 Å². The van der Waals surface area contributed by atoms with Crippen molar-refractivity contribution in [1.82, 2.24) is 5.32 Å². The number of rotatable bonds is 4. The van der Waals surface area contributed by atoms with Gasteiger partial charge in [0.15, 0.2) is 12.2 Å². The first-order valence-electron chi connectivity index (χ1n) is 5.61. The fourth-order valence-corrected chi connectivity index (χ4v) is 1.35. The van der Waals surface area contributed by atoms with Crippen LogP contribution in [0.2, 0.25) is 0 Å². The second-order valence-corrected chi connectivity index (χ2v) is 3.25. The van der Waals surface area contributed by atoms with E-state index in [0.717, 1.165) is 6.42 Å². The predicted octanol–water partition coefficient (Wildman–Crippen LogP) is -0.0728. The van der Waals surface area contributed by atoms with Gasteiger partial charge in [0.05, 0.1) is 0 Å². The van der Waals surface area contributed by atoms with Crippen LogP contribution in [0.4, 0.5) is 0 Å². The Bertz CT molecular complexity index is 239. The molecule has 0 radical (unpaired) electrons. The number of esters is 1. The van der Waals surface area contributed by atoms with Gasteiger partial charge in [0.2, 0.25) is 0 Å². The van der Waals surface area contributed by atoms with Crippen molar-refractivity contribution in [2.24, 2.45) is 16.5 Å². The number of carbonyl (C=O) groups is 1. The number of carbonyl (C=O) groups excluding carboxylic acids is 1. The van der Waals surface area contributed by atoms with Gasteiger partial charge in [0.1, 0.15) is 6.04 Å². The molecule has 0 aromatic rings. The first kappa shape index (κ1) is 14.7. The Morgan fingerprint density at radius 2 is 2.12 bits per heavy atom. The molecular weight excluding hydrogens is 208 g/mol. The molecule has 1 rings (SSSR count). The molecule has 6 nitrogen and oxygen atoms in total. The zero-order valence-electron chi connectivity index (χ0n) is 10.2. The van der Waals surface area contributed by atoms with Crippen LogP contribution in [0, 0.1) is 0 Å². The minimum Gasteiger partial charge on any atom is -0.446 e. The van der Waals surface area contributed by atoms with E-state index >= 15 is 0 Å². The molecule has 16 heavy (non-hydrogen) atoms. The summed E-state index contributed by atoms with van der Waals surface area (Å²) in [6, 6.07) is -0.209. The molecule has 1 aliphatic heterocycles. The lowest BCUT2D eigenvalue weighted by Gasteiger charge is -2.04. The van der Waals surface area contributed by atoms with Crippen molar-refractivity contribution >= 4 is 11.9 Å². The van der Waals surface area contributed by atoms with Crippen LogP contribution >= 0.6 is 0 Å². The van der Waals surface area contributed by atoms with Crippen LogP contribution in [-0.2, 0) is 9.53 Å². The maximum absolute atomic E-state index is 11.1. The van der Waals surface area contributed by atoms with Crippen molar-refractivity contribution in [3.63, 3.8) is 0 Å². The van der Waals surface area contributed by atoms with Crippen molar-refractivity contribution in [3.8, 4) is 0 Å². The van der Waals surface area contributed by atoms with Crippen LogP contribution in [0.5, 0.6) is 0 Å². The number of hydrogen-bond acceptors (Lipinski definition) is 4. The highest BCUT2D eigenvalue weighted by Crippen LogP contribution is 2.09. The van der Waals surface area contributed by atoms with Crippen LogP contribution in [0.25, 0.3) is 0 Å². The van der Waals surface area contributed by atoms with Gasteiger partial charge in [-0.05, 0) is 19.8 Å². The molecule has 1 aliphatic rings. The van der Waals surface area contributed by atoms with Gasteiger partial charge in [0.25, 0.3) is 0 Å². The fraction of sp³-hybridized carbons (Fsp3) is 0.800. The van der Waals surface area contributed by atoms with E-state index in [4.69, 9.17) is 16.2 Å². The largest absolute Gasteiger partial charge is 0.446 e. The molecule has 0 aromatic heterocycles. The Hall–Kier alpha value is -1.30. The summed E-state index contributed by atoms with van der Waals surface area (Å²) in [5.41, 5.74) is 10.3. The minimum atomic E-state index is -0.209. The number of nitrogens with one attached hydrogen (secondary N) is 1. The fourth-order valence-electron chi connectivity index (χ4n) is 1.35. The summed E-state index contributed by atoms with van der Waals surface area (Å²) in [6.07, 6.45) is 1.27. The number of guanidine groups is 1. The van der Waals surface area contributed by atoms with Crippen molar-refractivity contribution in [3.05, 3.63) is 0 Å². The average Bonchev–Trinajstić information content (AvgIpc) is 2.55. The first-order valence-corrected chi connectivity index (χ1v) is 5.61. The van der Waals surface area contributed by atoms with E-state index < -0.39 is 0 Å². The third-order valence-corrected chi connectivity index (χ3v) is 1.96. The molecule has 0 bridgehead atoms. The number of aliphatic imine (C=N–C) groups is 1. The Morgan fingerprint density at radius 3 is 2.56 bits per heavy atom. The smallest absolute Gasteiger partial charge is 0.324 e. The SMILES string of the molecule is CC.CC1NC(CCCN=C(N)N)C(=O)O1. The molecule has 1 heterocycles.